The van der Waals surface area contributed by atoms with Crippen molar-refractivity contribution < 1.29 is 4.79 Å². The van der Waals surface area contributed by atoms with Crippen molar-refractivity contribution in [2.75, 3.05) is 19.0 Å². The normalized spacial score (nSPS) is 10.2. The first-order valence-corrected chi connectivity index (χ1v) is 8.42. The largest absolute Gasteiger partial charge is 0.378 e. The lowest BCUT2D eigenvalue weighted by atomic mass is 9.90. The average molecular weight is 351 g/mol. The van der Waals surface area contributed by atoms with E-state index in [2.05, 4.69) is 15.1 Å². The van der Waals surface area contributed by atoms with E-state index in [1.54, 1.807) is 6.08 Å². The predicted octanol–water partition coefficient (Wildman–Crippen LogP) is 5.55. The Morgan fingerprint density at radius 2 is 1.72 bits per heavy atom. The fourth-order valence-electron chi connectivity index (χ4n) is 2.89. The summed E-state index contributed by atoms with van der Waals surface area (Å²) >= 11 is 4.78. The van der Waals surface area contributed by atoms with Crippen LogP contribution < -0.4 is 4.90 Å². The molecule has 0 bridgehead atoms. The summed E-state index contributed by atoms with van der Waals surface area (Å²) < 4.78 is 0. The number of isocyanates is 1. The Morgan fingerprint density at radius 1 is 1.08 bits per heavy atom. The molecule has 0 spiro atoms. The molecule has 0 fully saturated rings. The molecule has 5 heteroatoms. The molecule has 0 aliphatic carbocycles. The Bertz CT molecular complexity index is 873. The second kappa shape index (κ2) is 8.00. The van der Waals surface area contributed by atoms with Gasteiger partial charge in [0.1, 0.15) is 0 Å². The van der Waals surface area contributed by atoms with Gasteiger partial charge in [-0.05, 0) is 54.4 Å². The number of aliphatic imine (C=N–C) groups is 2. The zero-order chi connectivity index (χ0) is 18.6. The third-order valence-electron chi connectivity index (χ3n) is 4.09. The standard InChI is InChI=1S/C20H21N3OS/c1-13(2)18-19(22-12-25)14(3)10-17(20(18)21-11-24)15-6-8-16(9-7-15)23(4)5/h6-10,13H,1-5H3. The number of carbonyl (C=O) groups excluding carboxylic acids is 1. The maximum absolute atomic E-state index is 11.1. The van der Waals surface area contributed by atoms with Crippen LogP contribution in [0.4, 0.5) is 17.1 Å². The van der Waals surface area contributed by atoms with Gasteiger partial charge < -0.3 is 4.90 Å². The smallest absolute Gasteiger partial charge is 0.240 e. The molecule has 0 N–H and O–H groups in total. The highest BCUT2D eigenvalue weighted by Crippen LogP contribution is 2.44. The molecule has 2 rings (SSSR count). The highest BCUT2D eigenvalue weighted by Gasteiger charge is 2.19. The van der Waals surface area contributed by atoms with Gasteiger partial charge in [0.05, 0.1) is 16.5 Å². The zero-order valence-electron chi connectivity index (χ0n) is 15.1. The van der Waals surface area contributed by atoms with E-state index in [1.807, 2.05) is 70.1 Å². The minimum atomic E-state index is 0.119. The summed E-state index contributed by atoms with van der Waals surface area (Å²) in [6.45, 7) is 6.06. The molecule has 4 nitrogen and oxygen atoms in total. The van der Waals surface area contributed by atoms with Crippen LogP contribution in [0.25, 0.3) is 11.1 Å². The van der Waals surface area contributed by atoms with E-state index in [1.165, 1.54) is 0 Å². The number of hydrogen-bond donors (Lipinski definition) is 0. The van der Waals surface area contributed by atoms with Crippen molar-refractivity contribution in [1.82, 2.24) is 0 Å². The van der Waals surface area contributed by atoms with Crippen LogP contribution in [-0.2, 0) is 4.79 Å². The minimum Gasteiger partial charge on any atom is -0.378 e. The third-order valence-corrected chi connectivity index (χ3v) is 4.18. The van der Waals surface area contributed by atoms with Gasteiger partial charge in [-0.1, -0.05) is 26.0 Å². The number of nitrogens with zero attached hydrogens (tertiary/aromatic N) is 3. The summed E-state index contributed by atoms with van der Waals surface area (Å²) in [6.07, 6.45) is 1.69. The van der Waals surface area contributed by atoms with E-state index in [0.717, 1.165) is 33.6 Å². The molecule has 0 radical (unpaired) electrons. The molecule has 0 saturated heterocycles. The first kappa shape index (κ1) is 18.8. The third kappa shape index (κ3) is 3.92. The number of aryl methyl sites for hydroxylation is 1. The van der Waals surface area contributed by atoms with Crippen LogP contribution in [0.15, 0.2) is 40.3 Å². The lowest BCUT2D eigenvalue weighted by Crippen LogP contribution is -2.07. The molecular formula is C20H21N3OS. The van der Waals surface area contributed by atoms with Crippen LogP contribution in [0.1, 0.15) is 30.9 Å². The molecule has 2 aromatic rings. The lowest BCUT2D eigenvalue weighted by molar-refractivity contribution is 0.565. The van der Waals surface area contributed by atoms with Gasteiger partial charge in [0.25, 0.3) is 0 Å². The van der Waals surface area contributed by atoms with Crippen LogP contribution in [0, 0.1) is 6.92 Å². The summed E-state index contributed by atoms with van der Waals surface area (Å²) in [6, 6.07) is 10.1. The van der Waals surface area contributed by atoms with Crippen molar-refractivity contribution in [3.05, 3.63) is 41.5 Å². The zero-order valence-corrected chi connectivity index (χ0v) is 15.9. The molecule has 0 saturated carbocycles. The molecule has 0 aromatic heterocycles. The molecule has 0 atom stereocenters. The topological polar surface area (TPSA) is 45.0 Å². The SMILES string of the molecule is Cc1cc(-c2ccc(N(C)C)cc2)c(N=C=O)c(C(C)C)c1N=C=S. The number of isothiocyanates is 1. The average Bonchev–Trinajstić information content (AvgIpc) is 2.57. The summed E-state index contributed by atoms with van der Waals surface area (Å²) in [5.41, 5.74) is 6.16. The van der Waals surface area contributed by atoms with E-state index in [0.29, 0.717) is 5.69 Å². The van der Waals surface area contributed by atoms with E-state index >= 15 is 0 Å². The van der Waals surface area contributed by atoms with E-state index in [9.17, 15) is 4.79 Å². The number of thiocarbonyl (C=S) groups is 1. The minimum absolute atomic E-state index is 0.119. The van der Waals surface area contributed by atoms with Gasteiger partial charge in [-0.15, -0.1) is 0 Å². The molecular weight excluding hydrogens is 330 g/mol. The second-order valence-corrected chi connectivity index (χ2v) is 6.54. The molecule has 25 heavy (non-hydrogen) atoms. The van der Waals surface area contributed by atoms with E-state index < -0.39 is 0 Å². The maximum atomic E-state index is 11.1. The fourth-order valence-corrected chi connectivity index (χ4v) is 2.98. The molecule has 2 aromatic carbocycles. The lowest BCUT2D eigenvalue weighted by Gasteiger charge is -2.18. The number of hydrogen-bond acceptors (Lipinski definition) is 5. The van der Waals surface area contributed by atoms with Gasteiger partial charge in [0.2, 0.25) is 6.08 Å². The Balaban J connectivity index is 2.81. The predicted molar refractivity (Wildman–Crippen MR) is 107 cm³/mol. The van der Waals surface area contributed by atoms with Gasteiger partial charge in [0.15, 0.2) is 0 Å². The van der Waals surface area contributed by atoms with Crippen molar-refractivity contribution in [3.8, 4) is 11.1 Å². The van der Waals surface area contributed by atoms with E-state index in [-0.39, 0.29) is 5.92 Å². The molecule has 0 unspecified atom stereocenters. The first-order chi connectivity index (χ1) is 11.9. The summed E-state index contributed by atoms with van der Waals surface area (Å²) in [5.74, 6) is 0.119. The Hall–Kier alpha value is -2.58. The number of anilines is 1. The highest BCUT2D eigenvalue weighted by molar-refractivity contribution is 7.78. The molecule has 0 aliphatic heterocycles. The second-order valence-electron chi connectivity index (χ2n) is 6.35. The first-order valence-electron chi connectivity index (χ1n) is 8.01. The van der Waals surface area contributed by atoms with Crippen LogP contribution in [-0.4, -0.2) is 25.3 Å². The van der Waals surface area contributed by atoms with Crippen LogP contribution in [0.5, 0.6) is 0 Å². The molecule has 128 valence electrons. The van der Waals surface area contributed by atoms with Crippen molar-refractivity contribution in [2.45, 2.75) is 26.7 Å². The summed E-state index contributed by atoms with van der Waals surface area (Å²) in [7, 11) is 3.99. The molecule has 0 amide bonds. The van der Waals surface area contributed by atoms with Crippen LogP contribution >= 0.6 is 12.2 Å². The highest BCUT2D eigenvalue weighted by atomic mass is 32.1. The van der Waals surface area contributed by atoms with Crippen LogP contribution in [0.3, 0.4) is 0 Å². The maximum Gasteiger partial charge on any atom is 0.240 e. The fraction of sp³-hybridized carbons (Fsp3) is 0.300. The Morgan fingerprint density at radius 3 is 2.20 bits per heavy atom. The number of rotatable bonds is 5. The quantitative estimate of drug-likeness (QED) is 0.403. The van der Waals surface area contributed by atoms with Crippen molar-refractivity contribution in [2.24, 2.45) is 9.98 Å². The summed E-state index contributed by atoms with van der Waals surface area (Å²) in [5, 5.41) is 2.43. The van der Waals surface area contributed by atoms with Gasteiger partial charge >= 0.3 is 0 Å². The van der Waals surface area contributed by atoms with Gasteiger partial charge in [-0.3, -0.25) is 0 Å². The molecule has 0 heterocycles. The Labute approximate surface area is 153 Å². The van der Waals surface area contributed by atoms with Gasteiger partial charge in [0, 0.05) is 30.9 Å². The summed E-state index contributed by atoms with van der Waals surface area (Å²) in [4.78, 5) is 21.3. The van der Waals surface area contributed by atoms with Gasteiger partial charge in [-0.2, -0.15) is 9.98 Å². The van der Waals surface area contributed by atoms with Crippen molar-refractivity contribution in [3.63, 3.8) is 0 Å². The van der Waals surface area contributed by atoms with Crippen molar-refractivity contribution >= 4 is 40.5 Å². The monoisotopic (exact) mass is 351 g/mol. The Kier molecular flexibility index (Phi) is 6.00. The molecule has 0 aliphatic rings. The van der Waals surface area contributed by atoms with Crippen molar-refractivity contribution in [1.29, 1.82) is 0 Å². The van der Waals surface area contributed by atoms with Crippen LogP contribution in [0.2, 0.25) is 0 Å². The van der Waals surface area contributed by atoms with E-state index in [4.69, 9.17) is 12.2 Å². The number of benzene rings is 2. The van der Waals surface area contributed by atoms with Gasteiger partial charge in [-0.25, -0.2) is 4.79 Å².